The van der Waals surface area contributed by atoms with E-state index < -0.39 is 0 Å². The molecule has 0 saturated heterocycles. The standard InChI is InChI=1S/C11H7ClN/c12-11-8-13-7-6-10(11)9-4-2-1-3-5-9/h1-4,6-8H. The number of hydrogen-bond acceptors (Lipinski definition) is 1. The van der Waals surface area contributed by atoms with Crippen LogP contribution in [0.5, 0.6) is 0 Å². The van der Waals surface area contributed by atoms with Gasteiger partial charge in [-0.05, 0) is 17.7 Å². The van der Waals surface area contributed by atoms with Crippen LogP contribution in [-0.2, 0) is 0 Å². The number of hydrogen-bond donors (Lipinski definition) is 0. The molecule has 0 unspecified atom stereocenters. The predicted molar refractivity (Wildman–Crippen MR) is 53.5 cm³/mol. The Morgan fingerprint density at radius 1 is 1.23 bits per heavy atom. The number of halogens is 1. The fourth-order valence-corrected chi connectivity index (χ4v) is 1.38. The molecule has 0 N–H and O–H groups in total. The van der Waals surface area contributed by atoms with E-state index in [1.807, 2.05) is 30.3 Å². The van der Waals surface area contributed by atoms with Crippen molar-refractivity contribution in [3.63, 3.8) is 0 Å². The van der Waals surface area contributed by atoms with E-state index in [-0.39, 0.29) is 0 Å². The molecule has 2 aromatic rings. The van der Waals surface area contributed by atoms with Gasteiger partial charge in [0, 0.05) is 18.0 Å². The van der Waals surface area contributed by atoms with Crippen molar-refractivity contribution in [2.45, 2.75) is 0 Å². The molecule has 0 amide bonds. The molecule has 0 bridgehead atoms. The fraction of sp³-hybridized carbons (Fsp3) is 0. The third-order valence-corrected chi connectivity index (χ3v) is 2.07. The summed E-state index contributed by atoms with van der Waals surface area (Å²) in [6, 6.07) is 12.7. The van der Waals surface area contributed by atoms with Crippen molar-refractivity contribution in [3.05, 3.63) is 53.8 Å². The minimum atomic E-state index is 0.657. The lowest BCUT2D eigenvalue weighted by atomic mass is 10.1. The van der Waals surface area contributed by atoms with Gasteiger partial charge in [0.15, 0.2) is 0 Å². The predicted octanol–water partition coefficient (Wildman–Crippen LogP) is 3.20. The van der Waals surface area contributed by atoms with Crippen LogP contribution in [0.2, 0.25) is 5.02 Å². The first-order valence-corrected chi connectivity index (χ1v) is 4.32. The summed E-state index contributed by atoms with van der Waals surface area (Å²) in [4.78, 5) is 3.92. The molecule has 0 aliphatic heterocycles. The molecule has 0 spiro atoms. The van der Waals surface area contributed by atoms with Gasteiger partial charge < -0.3 is 0 Å². The van der Waals surface area contributed by atoms with E-state index in [1.54, 1.807) is 12.4 Å². The number of nitrogens with zero attached hydrogens (tertiary/aromatic N) is 1. The van der Waals surface area contributed by atoms with E-state index in [1.165, 1.54) is 0 Å². The molecule has 0 saturated carbocycles. The van der Waals surface area contributed by atoms with E-state index >= 15 is 0 Å². The zero-order valence-electron chi connectivity index (χ0n) is 6.87. The van der Waals surface area contributed by atoms with Crippen LogP contribution in [0.15, 0.2) is 42.7 Å². The summed E-state index contributed by atoms with van der Waals surface area (Å²) in [7, 11) is 0. The maximum atomic E-state index is 5.98. The molecule has 0 fully saturated rings. The molecule has 1 heterocycles. The molecule has 0 aliphatic carbocycles. The first-order chi connectivity index (χ1) is 6.38. The van der Waals surface area contributed by atoms with E-state index in [2.05, 4.69) is 11.1 Å². The average Bonchev–Trinajstić information content (AvgIpc) is 2.20. The lowest BCUT2D eigenvalue weighted by Crippen LogP contribution is -1.79. The quantitative estimate of drug-likeness (QED) is 0.670. The van der Waals surface area contributed by atoms with Crippen molar-refractivity contribution in [2.75, 3.05) is 0 Å². The molecule has 0 atom stereocenters. The molecule has 13 heavy (non-hydrogen) atoms. The second-order valence-corrected chi connectivity index (χ2v) is 3.04. The second kappa shape index (κ2) is 3.58. The highest BCUT2D eigenvalue weighted by Gasteiger charge is 2.00. The first-order valence-electron chi connectivity index (χ1n) is 3.94. The minimum absolute atomic E-state index is 0.657. The number of pyridine rings is 1. The SMILES string of the molecule is Clc1cnccc1-c1[c]cccc1. The van der Waals surface area contributed by atoms with E-state index in [0.29, 0.717) is 5.02 Å². The van der Waals surface area contributed by atoms with Crippen molar-refractivity contribution in [3.8, 4) is 11.1 Å². The Kier molecular flexibility index (Phi) is 2.28. The molecule has 0 aliphatic rings. The highest BCUT2D eigenvalue weighted by molar-refractivity contribution is 6.33. The molecule has 2 rings (SSSR count). The van der Waals surface area contributed by atoms with Crippen molar-refractivity contribution in [1.29, 1.82) is 0 Å². The summed E-state index contributed by atoms with van der Waals surface area (Å²) < 4.78 is 0. The lowest BCUT2D eigenvalue weighted by Gasteiger charge is -2.01. The maximum Gasteiger partial charge on any atom is 0.0667 e. The first kappa shape index (κ1) is 8.27. The van der Waals surface area contributed by atoms with Crippen molar-refractivity contribution >= 4 is 11.6 Å². The van der Waals surface area contributed by atoms with Crippen LogP contribution in [0.4, 0.5) is 0 Å². The normalized spacial score (nSPS) is 9.92. The second-order valence-electron chi connectivity index (χ2n) is 2.63. The number of benzene rings is 1. The van der Waals surface area contributed by atoms with Crippen LogP contribution in [0.3, 0.4) is 0 Å². The van der Waals surface area contributed by atoms with Crippen molar-refractivity contribution in [2.24, 2.45) is 0 Å². The van der Waals surface area contributed by atoms with Crippen LogP contribution < -0.4 is 0 Å². The third kappa shape index (κ3) is 1.70. The van der Waals surface area contributed by atoms with E-state index in [0.717, 1.165) is 11.1 Å². The zero-order valence-corrected chi connectivity index (χ0v) is 7.62. The van der Waals surface area contributed by atoms with Gasteiger partial charge in [-0.2, -0.15) is 0 Å². The Hall–Kier alpha value is -1.34. The minimum Gasteiger partial charge on any atom is -0.263 e. The van der Waals surface area contributed by atoms with Gasteiger partial charge in [-0.25, -0.2) is 0 Å². The maximum absolute atomic E-state index is 5.98. The van der Waals surface area contributed by atoms with Crippen LogP contribution in [0, 0.1) is 6.07 Å². The van der Waals surface area contributed by atoms with Gasteiger partial charge in [0.1, 0.15) is 0 Å². The summed E-state index contributed by atoms with van der Waals surface area (Å²) >= 11 is 5.98. The Balaban J connectivity index is 2.54. The highest BCUT2D eigenvalue weighted by Crippen LogP contribution is 2.25. The third-order valence-electron chi connectivity index (χ3n) is 1.77. The van der Waals surface area contributed by atoms with Gasteiger partial charge in [0.2, 0.25) is 0 Å². The summed E-state index contributed by atoms with van der Waals surface area (Å²) in [5, 5.41) is 0.657. The van der Waals surface area contributed by atoms with Crippen molar-refractivity contribution in [1.82, 2.24) is 4.98 Å². The molecular formula is C11H7ClN. The average molecular weight is 189 g/mol. The lowest BCUT2D eigenvalue weighted by molar-refractivity contribution is 1.33. The van der Waals surface area contributed by atoms with Crippen LogP contribution in [0.1, 0.15) is 0 Å². The Bertz CT molecular complexity index is 398. The van der Waals surface area contributed by atoms with Crippen molar-refractivity contribution < 1.29 is 0 Å². The largest absolute Gasteiger partial charge is 0.263 e. The van der Waals surface area contributed by atoms with E-state index in [9.17, 15) is 0 Å². The topological polar surface area (TPSA) is 12.9 Å². The smallest absolute Gasteiger partial charge is 0.0667 e. The monoisotopic (exact) mass is 188 g/mol. The number of aromatic nitrogens is 1. The van der Waals surface area contributed by atoms with Gasteiger partial charge >= 0.3 is 0 Å². The van der Waals surface area contributed by atoms with Gasteiger partial charge in [-0.1, -0.05) is 35.9 Å². The molecule has 63 valence electrons. The number of rotatable bonds is 1. The van der Waals surface area contributed by atoms with Gasteiger partial charge in [-0.15, -0.1) is 0 Å². The van der Waals surface area contributed by atoms with Crippen LogP contribution in [-0.4, -0.2) is 4.98 Å². The summed E-state index contributed by atoms with van der Waals surface area (Å²) in [6.07, 6.45) is 3.36. The van der Waals surface area contributed by atoms with Gasteiger partial charge in [0.05, 0.1) is 5.02 Å². The highest BCUT2D eigenvalue weighted by atomic mass is 35.5. The van der Waals surface area contributed by atoms with E-state index in [4.69, 9.17) is 11.6 Å². The fourth-order valence-electron chi connectivity index (χ4n) is 1.15. The molecule has 1 radical (unpaired) electrons. The Morgan fingerprint density at radius 3 is 2.85 bits per heavy atom. The summed E-state index contributed by atoms with van der Waals surface area (Å²) in [5.41, 5.74) is 1.96. The molecule has 2 heteroatoms. The summed E-state index contributed by atoms with van der Waals surface area (Å²) in [6.45, 7) is 0. The summed E-state index contributed by atoms with van der Waals surface area (Å²) in [5.74, 6) is 0. The van der Waals surface area contributed by atoms with Crippen LogP contribution >= 0.6 is 11.6 Å². The Morgan fingerprint density at radius 2 is 2.15 bits per heavy atom. The Labute approximate surface area is 82.0 Å². The van der Waals surface area contributed by atoms with Crippen LogP contribution in [0.25, 0.3) is 11.1 Å². The molecule has 1 aromatic heterocycles. The molecular weight excluding hydrogens is 182 g/mol. The van der Waals surface area contributed by atoms with Gasteiger partial charge in [-0.3, -0.25) is 4.98 Å². The molecule has 1 aromatic carbocycles. The zero-order chi connectivity index (χ0) is 9.10. The molecule has 1 nitrogen and oxygen atoms in total. The van der Waals surface area contributed by atoms with Gasteiger partial charge in [0.25, 0.3) is 0 Å².